The van der Waals surface area contributed by atoms with E-state index in [2.05, 4.69) is 4.98 Å². The number of Topliss-reactive ketones (excluding diaryl/α,β-unsaturated/α-hetero) is 1. The molecular formula is C14H12ClNO. The fourth-order valence-electron chi connectivity index (χ4n) is 1.60. The highest BCUT2D eigenvalue weighted by Crippen LogP contribution is 2.24. The lowest BCUT2D eigenvalue weighted by Crippen LogP contribution is -1.93. The van der Waals surface area contributed by atoms with Crippen LogP contribution >= 0.6 is 11.6 Å². The molecule has 0 bridgehead atoms. The van der Waals surface area contributed by atoms with Crippen LogP contribution in [0.5, 0.6) is 0 Å². The predicted molar refractivity (Wildman–Crippen MR) is 69.4 cm³/mol. The van der Waals surface area contributed by atoms with Gasteiger partial charge in [-0.3, -0.25) is 9.78 Å². The molecule has 0 unspecified atom stereocenters. The number of hydrogen-bond donors (Lipinski definition) is 0. The summed E-state index contributed by atoms with van der Waals surface area (Å²) in [5, 5.41) is 0.563. The third kappa shape index (κ3) is 2.71. The van der Waals surface area contributed by atoms with Crippen molar-refractivity contribution in [3.8, 4) is 11.1 Å². The summed E-state index contributed by atoms with van der Waals surface area (Å²) in [7, 11) is 0. The Kier molecular flexibility index (Phi) is 3.25. The van der Waals surface area contributed by atoms with Gasteiger partial charge in [0.05, 0.1) is 0 Å². The van der Waals surface area contributed by atoms with Crippen LogP contribution in [-0.2, 0) is 0 Å². The molecule has 86 valence electrons. The monoisotopic (exact) mass is 245 g/mol. The van der Waals surface area contributed by atoms with E-state index in [4.69, 9.17) is 11.6 Å². The highest BCUT2D eigenvalue weighted by molar-refractivity contribution is 6.31. The molecule has 0 amide bonds. The molecule has 2 rings (SSSR count). The van der Waals surface area contributed by atoms with Gasteiger partial charge < -0.3 is 0 Å². The first kappa shape index (κ1) is 11.8. The highest BCUT2D eigenvalue weighted by atomic mass is 35.5. The fourth-order valence-corrected chi connectivity index (χ4v) is 1.83. The highest BCUT2D eigenvalue weighted by Gasteiger charge is 2.05. The van der Waals surface area contributed by atoms with Gasteiger partial charge in [0.15, 0.2) is 5.78 Å². The van der Waals surface area contributed by atoms with Crippen molar-refractivity contribution in [3.63, 3.8) is 0 Å². The lowest BCUT2D eigenvalue weighted by molar-refractivity contribution is 0.101. The first-order valence-corrected chi connectivity index (χ1v) is 5.68. The number of nitrogens with zero attached hydrogens (tertiary/aromatic N) is 1. The number of pyridine rings is 1. The summed E-state index contributed by atoms with van der Waals surface area (Å²) in [4.78, 5) is 15.6. The lowest BCUT2D eigenvalue weighted by Gasteiger charge is -2.05. The third-order valence-electron chi connectivity index (χ3n) is 2.55. The molecular weight excluding hydrogens is 234 g/mol. The number of aromatic nitrogens is 1. The molecule has 0 aliphatic carbocycles. The van der Waals surface area contributed by atoms with Crippen molar-refractivity contribution in [1.29, 1.82) is 0 Å². The van der Waals surface area contributed by atoms with Crippen LogP contribution in [-0.4, -0.2) is 10.8 Å². The number of ketones is 1. The number of rotatable bonds is 2. The number of aryl methyl sites for hydroxylation is 1. The molecule has 0 N–H and O–H groups in total. The zero-order chi connectivity index (χ0) is 12.4. The van der Waals surface area contributed by atoms with Crippen LogP contribution in [0.25, 0.3) is 11.1 Å². The van der Waals surface area contributed by atoms with Gasteiger partial charge in [-0.25, -0.2) is 0 Å². The van der Waals surface area contributed by atoms with Crippen LogP contribution < -0.4 is 0 Å². The van der Waals surface area contributed by atoms with Crippen molar-refractivity contribution in [2.24, 2.45) is 0 Å². The van der Waals surface area contributed by atoms with Crippen molar-refractivity contribution in [3.05, 3.63) is 52.8 Å². The maximum absolute atomic E-state index is 11.4. The SMILES string of the molecule is CC(=O)c1cc(Cl)cc(-c2ccc(C)nc2)c1. The van der Waals surface area contributed by atoms with Gasteiger partial charge >= 0.3 is 0 Å². The van der Waals surface area contributed by atoms with Crippen LogP contribution in [0.2, 0.25) is 5.02 Å². The first-order chi connectivity index (χ1) is 8.06. The second kappa shape index (κ2) is 4.68. The summed E-state index contributed by atoms with van der Waals surface area (Å²) in [5.74, 6) is 0.00817. The zero-order valence-corrected chi connectivity index (χ0v) is 10.5. The van der Waals surface area contributed by atoms with Gasteiger partial charge in [-0.1, -0.05) is 17.7 Å². The molecule has 0 saturated carbocycles. The molecule has 3 heteroatoms. The van der Waals surface area contributed by atoms with E-state index in [1.165, 1.54) is 6.92 Å². The maximum Gasteiger partial charge on any atom is 0.159 e. The number of benzene rings is 1. The first-order valence-electron chi connectivity index (χ1n) is 5.31. The molecule has 1 heterocycles. The second-order valence-electron chi connectivity index (χ2n) is 3.97. The Labute approximate surface area is 105 Å². The van der Waals surface area contributed by atoms with Crippen molar-refractivity contribution >= 4 is 17.4 Å². The lowest BCUT2D eigenvalue weighted by atomic mass is 10.0. The summed E-state index contributed by atoms with van der Waals surface area (Å²) in [6.07, 6.45) is 1.78. The number of carbonyl (C=O) groups excluding carboxylic acids is 1. The molecule has 0 atom stereocenters. The molecule has 0 spiro atoms. The van der Waals surface area contributed by atoms with E-state index in [1.54, 1.807) is 12.3 Å². The van der Waals surface area contributed by atoms with Gasteiger partial charge in [-0.2, -0.15) is 0 Å². The Morgan fingerprint density at radius 2 is 1.94 bits per heavy atom. The Balaban J connectivity index is 2.51. The van der Waals surface area contributed by atoms with Gasteiger partial charge in [0, 0.05) is 28.0 Å². The van der Waals surface area contributed by atoms with Crippen molar-refractivity contribution < 1.29 is 4.79 Å². The summed E-state index contributed by atoms with van der Waals surface area (Å²) >= 11 is 6.00. The minimum absolute atomic E-state index is 0.00817. The fraction of sp³-hybridized carbons (Fsp3) is 0.143. The van der Waals surface area contributed by atoms with Gasteiger partial charge in [-0.15, -0.1) is 0 Å². The van der Waals surface area contributed by atoms with Crippen molar-refractivity contribution in [2.45, 2.75) is 13.8 Å². The molecule has 17 heavy (non-hydrogen) atoms. The van der Waals surface area contributed by atoms with Crippen LogP contribution in [0, 0.1) is 6.92 Å². The normalized spacial score (nSPS) is 10.3. The van der Waals surface area contributed by atoms with Crippen molar-refractivity contribution in [2.75, 3.05) is 0 Å². The van der Waals surface area contributed by atoms with Gasteiger partial charge in [-0.05, 0) is 43.7 Å². The Morgan fingerprint density at radius 3 is 2.53 bits per heavy atom. The third-order valence-corrected chi connectivity index (χ3v) is 2.77. The predicted octanol–water partition coefficient (Wildman–Crippen LogP) is 3.91. The molecule has 1 aromatic heterocycles. The Hall–Kier alpha value is -1.67. The Bertz CT molecular complexity index is 561. The summed E-state index contributed by atoms with van der Waals surface area (Å²) in [5.41, 5.74) is 3.45. The zero-order valence-electron chi connectivity index (χ0n) is 9.70. The number of carbonyl (C=O) groups is 1. The van der Waals surface area contributed by atoms with Crippen LogP contribution in [0.1, 0.15) is 23.0 Å². The largest absolute Gasteiger partial charge is 0.295 e. The van der Waals surface area contributed by atoms with E-state index >= 15 is 0 Å². The minimum atomic E-state index is 0.00817. The minimum Gasteiger partial charge on any atom is -0.295 e. The van der Waals surface area contributed by atoms with E-state index in [-0.39, 0.29) is 5.78 Å². The maximum atomic E-state index is 11.4. The summed E-state index contributed by atoms with van der Waals surface area (Å²) < 4.78 is 0. The van der Waals surface area contributed by atoms with E-state index in [0.29, 0.717) is 10.6 Å². The van der Waals surface area contributed by atoms with E-state index in [0.717, 1.165) is 16.8 Å². The molecule has 1 aromatic carbocycles. The molecule has 0 saturated heterocycles. The average molecular weight is 246 g/mol. The van der Waals surface area contributed by atoms with Gasteiger partial charge in [0.25, 0.3) is 0 Å². The molecule has 0 radical (unpaired) electrons. The van der Waals surface area contributed by atoms with Crippen LogP contribution in [0.15, 0.2) is 36.5 Å². The van der Waals surface area contributed by atoms with Gasteiger partial charge in [0.2, 0.25) is 0 Å². The second-order valence-corrected chi connectivity index (χ2v) is 4.41. The van der Waals surface area contributed by atoms with Gasteiger partial charge in [0.1, 0.15) is 0 Å². The number of hydrogen-bond acceptors (Lipinski definition) is 2. The molecule has 2 nitrogen and oxygen atoms in total. The molecule has 2 aromatic rings. The van der Waals surface area contributed by atoms with E-state index in [9.17, 15) is 4.79 Å². The summed E-state index contributed by atoms with van der Waals surface area (Å²) in [6, 6.07) is 9.25. The van der Waals surface area contributed by atoms with E-state index < -0.39 is 0 Å². The van der Waals surface area contributed by atoms with E-state index in [1.807, 2.05) is 31.2 Å². The smallest absolute Gasteiger partial charge is 0.159 e. The van der Waals surface area contributed by atoms with Crippen molar-refractivity contribution in [1.82, 2.24) is 4.98 Å². The molecule has 0 aliphatic heterocycles. The quantitative estimate of drug-likeness (QED) is 0.751. The van der Waals surface area contributed by atoms with Crippen LogP contribution in [0.4, 0.5) is 0 Å². The standard InChI is InChI=1S/C14H12ClNO/c1-9-3-4-11(8-16-9)13-5-12(10(2)17)6-14(15)7-13/h3-8H,1-2H3. The van der Waals surface area contributed by atoms with Crippen LogP contribution in [0.3, 0.4) is 0 Å². The molecule has 0 aliphatic rings. The average Bonchev–Trinajstić information content (AvgIpc) is 2.29. The number of halogens is 1. The summed E-state index contributed by atoms with van der Waals surface area (Å²) in [6.45, 7) is 3.46. The Morgan fingerprint density at radius 1 is 1.18 bits per heavy atom. The topological polar surface area (TPSA) is 30.0 Å². The molecule has 0 fully saturated rings.